The zero-order chi connectivity index (χ0) is 15.4. The van der Waals surface area contributed by atoms with Crippen molar-refractivity contribution < 1.29 is 9.47 Å². The van der Waals surface area contributed by atoms with Crippen molar-refractivity contribution in [3.8, 4) is 11.5 Å². The van der Waals surface area contributed by atoms with Gasteiger partial charge in [0.1, 0.15) is 11.5 Å². The van der Waals surface area contributed by atoms with Crippen LogP contribution in [0.15, 0.2) is 24.4 Å². The average Bonchev–Trinajstić information content (AvgIpc) is 2.84. The normalized spacial score (nSPS) is 12.2. The zero-order valence-electron chi connectivity index (χ0n) is 13.3. The monoisotopic (exact) mass is 289 g/mol. The summed E-state index contributed by atoms with van der Waals surface area (Å²) in [6.45, 7) is 4.94. The molecule has 1 heterocycles. The van der Waals surface area contributed by atoms with E-state index in [2.05, 4.69) is 24.3 Å². The topological polar surface area (TPSA) is 48.3 Å². The fourth-order valence-electron chi connectivity index (χ4n) is 2.31. The van der Waals surface area contributed by atoms with E-state index in [0.717, 1.165) is 23.6 Å². The molecule has 0 aliphatic heterocycles. The number of hydrogen-bond acceptors (Lipinski definition) is 4. The van der Waals surface area contributed by atoms with Crippen molar-refractivity contribution in [2.75, 3.05) is 14.2 Å². The van der Waals surface area contributed by atoms with Crippen molar-refractivity contribution in [3.63, 3.8) is 0 Å². The highest BCUT2D eigenvalue weighted by Gasteiger charge is 2.12. The van der Waals surface area contributed by atoms with Gasteiger partial charge in [0.15, 0.2) is 0 Å². The summed E-state index contributed by atoms with van der Waals surface area (Å²) < 4.78 is 12.5. The molecule has 0 radical (unpaired) electrons. The third-order valence-electron chi connectivity index (χ3n) is 3.83. The van der Waals surface area contributed by atoms with Gasteiger partial charge in [-0.05, 0) is 19.9 Å². The number of benzene rings is 1. The second-order valence-electron chi connectivity index (χ2n) is 5.09. The molecule has 114 valence electrons. The number of ether oxygens (including phenoxy) is 2. The van der Waals surface area contributed by atoms with Crippen molar-refractivity contribution in [2.24, 2.45) is 7.05 Å². The van der Waals surface area contributed by atoms with Crippen molar-refractivity contribution in [1.29, 1.82) is 0 Å². The van der Waals surface area contributed by atoms with E-state index < -0.39 is 0 Å². The lowest BCUT2D eigenvalue weighted by atomic mass is 10.1. The first-order chi connectivity index (χ1) is 10.1. The molecule has 0 amide bonds. The number of hydrogen-bond donors (Lipinski definition) is 1. The average molecular weight is 289 g/mol. The van der Waals surface area contributed by atoms with Gasteiger partial charge in [-0.15, -0.1) is 0 Å². The Morgan fingerprint density at radius 1 is 1.29 bits per heavy atom. The van der Waals surface area contributed by atoms with Gasteiger partial charge in [-0.1, -0.05) is 6.07 Å². The minimum absolute atomic E-state index is 0.227. The first-order valence-corrected chi connectivity index (χ1v) is 6.99. The third-order valence-corrected chi connectivity index (χ3v) is 3.83. The van der Waals surface area contributed by atoms with Gasteiger partial charge in [0.25, 0.3) is 0 Å². The molecule has 5 heteroatoms. The predicted octanol–water partition coefficient (Wildman–Crippen LogP) is 2.60. The number of nitrogens with one attached hydrogen (secondary N) is 1. The van der Waals surface area contributed by atoms with Crippen LogP contribution < -0.4 is 14.8 Å². The highest BCUT2D eigenvalue weighted by atomic mass is 16.5. The molecule has 1 atom stereocenters. The molecule has 0 spiro atoms. The van der Waals surface area contributed by atoms with Crippen LogP contribution in [-0.4, -0.2) is 24.0 Å². The quantitative estimate of drug-likeness (QED) is 0.888. The molecule has 1 N–H and O–H groups in total. The highest BCUT2D eigenvalue weighted by Crippen LogP contribution is 2.25. The second kappa shape index (κ2) is 6.63. The van der Waals surface area contributed by atoms with Crippen LogP contribution in [-0.2, 0) is 13.6 Å². The van der Waals surface area contributed by atoms with Crippen molar-refractivity contribution >= 4 is 0 Å². The molecule has 0 aliphatic carbocycles. The maximum Gasteiger partial charge on any atom is 0.127 e. The van der Waals surface area contributed by atoms with Crippen LogP contribution in [0.4, 0.5) is 0 Å². The van der Waals surface area contributed by atoms with Gasteiger partial charge in [0.05, 0.1) is 20.4 Å². The number of aromatic nitrogens is 2. The molecule has 0 aliphatic rings. The molecule has 5 nitrogen and oxygen atoms in total. The van der Waals surface area contributed by atoms with E-state index in [1.54, 1.807) is 14.2 Å². The third kappa shape index (κ3) is 3.36. The predicted molar refractivity (Wildman–Crippen MR) is 82.7 cm³/mol. The second-order valence-corrected chi connectivity index (χ2v) is 5.09. The van der Waals surface area contributed by atoms with Crippen LogP contribution >= 0.6 is 0 Å². The SMILES string of the molecule is COc1ccc(CNC(C)c2cnn(C)c2C)c(OC)c1. The smallest absolute Gasteiger partial charge is 0.127 e. The lowest BCUT2D eigenvalue weighted by Crippen LogP contribution is -2.19. The Balaban J connectivity index is 2.07. The summed E-state index contributed by atoms with van der Waals surface area (Å²) >= 11 is 0. The molecular weight excluding hydrogens is 266 g/mol. The lowest BCUT2D eigenvalue weighted by Gasteiger charge is -2.16. The van der Waals surface area contributed by atoms with E-state index in [9.17, 15) is 0 Å². The van der Waals surface area contributed by atoms with Crippen LogP contribution in [0, 0.1) is 6.92 Å². The maximum absolute atomic E-state index is 5.42. The Bertz CT molecular complexity index is 608. The molecule has 1 aromatic heterocycles. The Morgan fingerprint density at radius 3 is 2.62 bits per heavy atom. The van der Waals surface area contributed by atoms with Gasteiger partial charge in [-0.2, -0.15) is 5.10 Å². The standard InChI is InChI=1S/C16H23N3O2/c1-11(15-10-18-19(3)12(15)2)17-9-13-6-7-14(20-4)8-16(13)21-5/h6-8,10-11,17H,9H2,1-5H3. The van der Waals surface area contributed by atoms with Crippen molar-refractivity contribution in [2.45, 2.75) is 26.4 Å². The van der Waals surface area contributed by atoms with Crippen LogP contribution in [0.3, 0.4) is 0 Å². The molecule has 0 saturated carbocycles. The summed E-state index contributed by atoms with van der Waals surface area (Å²) in [6, 6.07) is 6.09. The van der Waals surface area contributed by atoms with Gasteiger partial charge in [-0.25, -0.2) is 0 Å². The van der Waals surface area contributed by atoms with E-state index in [-0.39, 0.29) is 6.04 Å². The van der Waals surface area contributed by atoms with Gasteiger partial charge in [0, 0.05) is 42.5 Å². The number of nitrogens with zero attached hydrogens (tertiary/aromatic N) is 2. The van der Waals surface area contributed by atoms with Gasteiger partial charge < -0.3 is 14.8 Å². The van der Waals surface area contributed by atoms with Crippen molar-refractivity contribution in [1.82, 2.24) is 15.1 Å². The summed E-state index contributed by atoms with van der Waals surface area (Å²) in [6.07, 6.45) is 1.91. The lowest BCUT2D eigenvalue weighted by molar-refractivity contribution is 0.389. The van der Waals surface area contributed by atoms with Crippen LogP contribution in [0.1, 0.15) is 29.8 Å². The first-order valence-electron chi connectivity index (χ1n) is 6.99. The van der Waals surface area contributed by atoms with Crippen molar-refractivity contribution in [3.05, 3.63) is 41.2 Å². The minimum Gasteiger partial charge on any atom is -0.497 e. The van der Waals surface area contributed by atoms with Crippen LogP contribution in [0.5, 0.6) is 11.5 Å². The number of rotatable bonds is 6. The molecule has 0 saturated heterocycles. The summed E-state index contributed by atoms with van der Waals surface area (Å²) in [5.74, 6) is 1.63. The Kier molecular flexibility index (Phi) is 4.85. The molecule has 1 aromatic carbocycles. The van der Waals surface area contributed by atoms with E-state index in [0.29, 0.717) is 0 Å². The molecule has 2 rings (SSSR count). The maximum atomic E-state index is 5.42. The van der Waals surface area contributed by atoms with E-state index >= 15 is 0 Å². The Morgan fingerprint density at radius 2 is 2.05 bits per heavy atom. The molecule has 0 fully saturated rings. The van der Waals surface area contributed by atoms with E-state index in [1.807, 2.05) is 36.1 Å². The molecular formula is C16H23N3O2. The van der Waals surface area contributed by atoms with Crippen LogP contribution in [0.2, 0.25) is 0 Å². The number of aryl methyl sites for hydroxylation is 1. The van der Waals surface area contributed by atoms with Crippen LogP contribution in [0.25, 0.3) is 0 Å². The molecule has 1 unspecified atom stereocenters. The van der Waals surface area contributed by atoms with E-state index in [4.69, 9.17) is 9.47 Å². The zero-order valence-corrected chi connectivity index (χ0v) is 13.3. The summed E-state index contributed by atoms with van der Waals surface area (Å²) in [7, 11) is 5.28. The first kappa shape index (κ1) is 15.4. The van der Waals surface area contributed by atoms with E-state index in [1.165, 1.54) is 11.3 Å². The van der Waals surface area contributed by atoms with Gasteiger partial charge in [-0.3, -0.25) is 4.68 Å². The fourth-order valence-corrected chi connectivity index (χ4v) is 2.31. The fraction of sp³-hybridized carbons (Fsp3) is 0.438. The molecule has 0 bridgehead atoms. The summed E-state index contributed by atoms with van der Waals surface area (Å²) in [4.78, 5) is 0. The van der Waals surface area contributed by atoms with Gasteiger partial charge in [0.2, 0.25) is 0 Å². The molecule has 21 heavy (non-hydrogen) atoms. The Labute approximate surface area is 125 Å². The molecule has 2 aromatic rings. The van der Waals surface area contributed by atoms with Gasteiger partial charge >= 0.3 is 0 Å². The largest absolute Gasteiger partial charge is 0.497 e. The number of methoxy groups -OCH3 is 2. The minimum atomic E-state index is 0.227. The summed E-state index contributed by atoms with van der Waals surface area (Å²) in [5, 5.41) is 7.79. The Hall–Kier alpha value is -2.01. The highest BCUT2D eigenvalue weighted by molar-refractivity contribution is 5.40. The summed E-state index contributed by atoms with van der Waals surface area (Å²) in [5.41, 5.74) is 3.49.